The summed E-state index contributed by atoms with van der Waals surface area (Å²) in [5.41, 5.74) is 0.930. The number of carbonyl (C=O) groups is 2. The van der Waals surface area contributed by atoms with Gasteiger partial charge in [0.05, 0.1) is 0 Å². The van der Waals surface area contributed by atoms with Gasteiger partial charge in [-0.15, -0.1) is 0 Å². The van der Waals surface area contributed by atoms with E-state index in [9.17, 15) is 14.0 Å². The molecule has 7 heteroatoms. The van der Waals surface area contributed by atoms with Crippen molar-refractivity contribution < 1.29 is 14.0 Å². The van der Waals surface area contributed by atoms with Crippen molar-refractivity contribution in [3.63, 3.8) is 0 Å². The molecule has 0 bridgehead atoms. The van der Waals surface area contributed by atoms with Crippen LogP contribution in [0.4, 0.5) is 10.1 Å². The molecule has 1 aromatic carbocycles. The van der Waals surface area contributed by atoms with E-state index in [1.165, 1.54) is 12.1 Å². The zero-order valence-corrected chi connectivity index (χ0v) is 14.6. The number of benzene rings is 1. The lowest BCUT2D eigenvalue weighted by atomic mass is 10.1. The second-order valence-electron chi connectivity index (χ2n) is 6.61. The fraction of sp³-hybridized carbons (Fsp3) is 0.556. The molecule has 2 heterocycles. The Kier molecular flexibility index (Phi) is 5.53. The van der Waals surface area contributed by atoms with E-state index in [2.05, 4.69) is 10.2 Å². The summed E-state index contributed by atoms with van der Waals surface area (Å²) in [4.78, 5) is 30.2. The normalized spacial score (nSPS) is 21.8. The average molecular weight is 348 g/mol. The molecule has 0 spiro atoms. The predicted octanol–water partition coefficient (Wildman–Crippen LogP) is 0.685. The summed E-state index contributed by atoms with van der Waals surface area (Å²) in [5, 5.41) is 3.29. The van der Waals surface area contributed by atoms with Gasteiger partial charge in [-0.3, -0.25) is 9.59 Å². The SMILES string of the molecule is CC(=O)N1CCCN(C(=O)C2CN(c3ccc(F)cc3)CCN2)CC1. The molecule has 2 aliphatic rings. The van der Waals surface area contributed by atoms with Crippen molar-refractivity contribution in [3.05, 3.63) is 30.1 Å². The first-order valence-corrected chi connectivity index (χ1v) is 8.83. The highest BCUT2D eigenvalue weighted by Gasteiger charge is 2.30. The number of nitrogens with one attached hydrogen (secondary N) is 1. The summed E-state index contributed by atoms with van der Waals surface area (Å²) < 4.78 is 13.1. The highest BCUT2D eigenvalue weighted by atomic mass is 19.1. The average Bonchev–Trinajstić information content (AvgIpc) is 2.88. The third-order valence-electron chi connectivity index (χ3n) is 4.92. The lowest BCUT2D eigenvalue weighted by molar-refractivity contribution is -0.134. The Balaban J connectivity index is 1.61. The van der Waals surface area contributed by atoms with Gasteiger partial charge in [-0.1, -0.05) is 0 Å². The molecule has 0 saturated carbocycles. The monoisotopic (exact) mass is 348 g/mol. The first-order valence-electron chi connectivity index (χ1n) is 8.83. The van der Waals surface area contributed by atoms with Gasteiger partial charge in [-0.05, 0) is 30.7 Å². The molecule has 2 amide bonds. The van der Waals surface area contributed by atoms with Crippen molar-refractivity contribution in [1.29, 1.82) is 0 Å². The lowest BCUT2D eigenvalue weighted by Gasteiger charge is -2.36. The van der Waals surface area contributed by atoms with Gasteiger partial charge in [0.15, 0.2) is 0 Å². The maximum absolute atomic E-state index is 13.1. The molecule has 6 nitrogen and oxygen atoms in total. The van der Waals surface area contributed by atoms with Crippen LogP contribution in [-0.2, 0) is 9.59 Å². The zero-order valence-electron chi connectivity index (χ0n) is 14.6. The molecular formula is C18H25FN4O2. The van der Waals surface area contributed by atoms with Crippen molar-refractivity contribution >= 4 is 17.5 Å². The molecular weight excluding hydrogens is 323 g/mol. The van der Waals surface area contributed by atoms with Gasteiger partial charge in [0.2, 0.25) is 11.8 Å². The molecule has 3 rings (SSSR count). The summed E-state index contributed by atoms with van der Waals surface area (Å²) in [5.74, 6) is -0.115. The van der Waals surface area contributed by atoms with Crippen molar-refractivity contribution in [1.82, 2.24) is 15.1 Å². The molecule has 2 saturated heterocycles. The molecule has 2 fully saturated rings. The van der Waals surface area contributed by atoms with E-state index in [4.69, 9.17) is 0 Å². The van der Waals surface area contributed by atoms with E-state index in [0.29, 0.717) is 39.3 Å². The minimum Gasteiger partial charge on any atom is -0.368 e. The van der Waals surface area contributed by atoms with Gasteiger partial charge in [-0.2, -0.15) is 0 Å². The van der Waals surface area contributed by atoms with Crippen molar-refractivity contribution in [2.75, 3.05) is 50.7 Å². The van der Waals surface area contributed by atoms with Crippen LogP contribution in [0.3, 0.4) is 0 Å². The van der Waals surface area contributed by atoms with E-state index >= 15 is 0 Å². The summed E-state index contributed by atoms with van der Waals surface area (Å²) in [6.07, 6.45) is 0.805. The standard InChI is InChI=1S/C18H25FN4O2/c1-14(24)21-8-2-9-22(12-11-21)18(25)17-13-23(10-7-20-17)16-5-3-15(19)4-6-16/h3-6,17,20H,2,7-13H2,1H3. The molecule has 136 valence electrons. The number of piperazine rings is 1. The van der Waals surface area contributed by atoms with Gasteiger partial charge in [0.25, 0.3) is 0 Å². The number of nitrogens with zero attached hydrogens (tertiary/aromatic N) is 3. The smallest absolute Gasteiger partial charge is 0.241 e. The van der Waals surface area contributed by atoms with Gasteiger partial charge in [-0.25, -0.2) is 4.39 Å². The first-order chi connectivity index (χ1) is 12.0. The van der Waals surface area contributed by atoms with Crippen molar-refractivity contribution in [3.8, 4) is 0 Å². The zero-order chi connectivity index (χ0) is 17.8. The van der Waals surface area contributed by atoms with E-state index in [0.717, 1.165) is 18.7 Å². The number of amides is 2. The molecule has 1 unspecified atom stereocenters. The van der Waals surface area contributed by atoms with E-state index in [1.54, 1.807) is 24.0 Å². The molecule has 0 aromatic heterocycles. The van der Waals surface area contributed by atoms with Crippen LogP contribution in [0, 0.1) is 5.82 Å². The number of anilines is 1. The Morgan fingerprint density at radius 3 is 2.44 bits per heavy atom. The second kappa shape index (κ2) is 7.82. The fourth-order valence-corrected chi connectivity index (χ4v) is 3.47. The summed E-state index contributed by atoms with van der Waals surface area (Å²) in [7, 11) is 0. The molecule has 25 heavy (non-hydrogen) atoms. The third kappa shape index (κ3) is 4.28. The Morgan fingerprint density at radius 1 is 1.04 bits per heavy atom. The molecule has 2 aliphatic heterocycles. The molecule has 0 aliphatic carbocycles. The Labute approximate surface area is 147 Å². The van der Waals surface area contributed by atoms with Crippen molar-refractivity contribution in [2.45, 2.75) is 19.4 Å². The van der Waals surface area contributed by atoms with Gasteiger partial charge < -0.3 is 20.0 Å². The maximum Gasteiger partial charge on any atom is 0.241 e. The summed E-state index contributed by atoms with van der Waals surface area (Å²) >= 11 is 0. The van der Waals surface area contributed by atoms with E-state index in [-0.39, 0.29) is 23.7 Å². The lowest BCUT2D eigenvalue weighted by Crippen LogP contribution is -2.58. The van der Waals surface area contributed by atoms with Gasteiger partial charge in [0, 0.05) is 58.4 Å². The summed E-state index contributed by atoms with van der Waals surface area (Å²) in [6.45, 7) is 6.19. The van der Waals surface area contributed by atoms with Gasteiger partial charge in [0.1, 0.15) is 11.9 Å². The molecule has 1 atom stereocenters. The van der Waals surface area contributed by atoms with Crippen LogP contribution in [0.25, 0.3) is 0 Å². The maximum atomic E-state index is 13.1. The van der Waals surface area contributed by atoms with Crippen LogP contribution < -0.4 is 10.2 Å². The number of hydrogen-bond donors (Lipinski definition) is 1. The topological polar surface area (TPSA) is 55.9 Å². The van der Waals surface area contributed by atoms with E-state index in [1.807, 2.05) is 4.90 Å². The second-order valence-corrected chi connectivity index (χ2v) is 6.61. The molecule has 1 N–H and O–H groups in total. The minimum atomic E-state index is -0.275. The predicted molar refractivity (Wildman–Crippen MR) is 93.9 cm³/mol. The number of carbonyl (C=O) groups excluding carboxylic acids is 2. The number of rotatable bonds is 2. The summed E-state index contributed by atoms with van der Waals surface area (Å²) in [6, 6.07) is 6.11. The quantitative estimate of drug-likeness (QED) is 0.854. The van der Waals surface area contributed by atoms with Crippen LogP contribution >= 0.6 is 0 Å². The third-order valence-corrected chi connectivity index (χ3v) is 4.92. The first kappa shape index (κ1) is 17.7. The van der Waals surface area contributed by atoms with Crippen molar-refractivity contribution in [2.24, 2.45) is 0 Å². The Morgan fingerprint density at radius 2 is 1.72 bits per heavy atom. The molecule has 1 aromatic rings. The number of halogens is 1. The number of hydrogen-bond acceptors (Lipinski definition) is 4. The Bertz CT molecular complexity index is 622. The molecule has 0 radical (unpaired) electrons. The van der Waals surface area contributed by atoms with Crippen LogP contribution in [0.15, 0.2) is 24.3 Å². The fourth-order valence-electron chi connectivity index (χ4n) is 3.47. The van der Waals surface area contributed by atoms with Gasteiger partial charge >= 0.3 is 0 Å². The Hall–Kier alpha value is -2.15. The van der Waals surface area contributed by atoms with Crippen LogP contribution in [0.1, 0.15) is 13.3 Å². The highest BCUT2D eigenvalue weighted by molar-refractivity contribution is 5.83. The van der Waals surface area contributed by atoms with E-state index < -0.39 is 0 Å². The highest BCUT2D eigenvalue weighted by Crippen LogP contribution is 2.17. The van der Waals surface area contributed by atoms with Crippen LogP contribution in [0.2, 0.25) is 0 Å². The largest absolute Gasteiger partial charge is 0.368 e. The van der Waals surface area contributed by atoms with Crippen LogP contribution in [0.5, 0.6) is 0 Å². The minimum absolute atomic E-state index is 0.0626. The van der Waals surface area contributed by atoms with Crippen LogP contribution in [-0.4, -0.2) is 73.5 Å².